The Balaban J connectivity index is 1.70. The summed E-state index contributed by atoms with van der Waals surface area (Å²) >= 11 is 0. The Labute approximate surface area is 164 Å². The summed E-state index contributed by atoms with van der Waals surface area (Å²) in [4.78, 5) is 25.0. The summed E-state index contributed by atoms with van der Waals surface area (Å²) in [5.41, 5.74) is 3.53. The minimum Gasteiger partial charge on any atom is -0.367 e. The Morgan fingerprint density at radius 1 is 0.821 bits per heavy atom. The maximum absolute atomic E-state index is 12.6. The van der Waals surface area contributed by atoms with E-state index >= 15 is 0 Å². The SMILES string of the molecule is CO[C@H](C(=O)Nc1cccc(NC(=O)c2cccc(C)c2)c1)c1ccccc1. The van der Waals surface area contributed by atoms with Crippen molar-refractivity contribution in [3.63, 3.8) is 0 Å². The van der Waals surface area contributed by atoms with Crippen LogP contribution in [0.25, 0.3) is 0 Å². The molecule has 0 spiro atoms. The number of nitrogens with one attached hydrogen (secondary N) is 2. The normalized spacial score (nSPS) is 11.5. The van der Waals surface area contributed by atoms with E-state index < -0.39 is 6.10 Å². The Bertz CT molecular complexity index is 970. The molecule has 0 fully saturated rings. The zero-order valence-electron chi connectivity index (χ0n) is 15.8. The number of anilines is 2. The first-order valence-corrected chi connectivity index (χ1v) is 8.93. The van der Waals surface area contributed by atoms with Crippen LogP contribution in [0.3, 0.4) is 0 Å². The van der Waals surface area contributed by atoms with Crippen LogP contribution in [-0.4, -0.2) is 18.9 Å². The highest BCUT2D eigenvalue weighted by molar-refractivity contribution is 6.05. The maximum Gasteiger partial charge on any atom is 0.258 e. The molecule has 0 aliphatic heterocycles. The molecule has 3 aromatic rings. The first kappa shape index (κ1) is 19.3. The Morgan fingerprint density at radius 3 is 2.18 bits per heavy atom. The zero-order valence-corrected chi connectivity index (χ0v) is 15.8. The highest BCUT2D eigenvalue weighted by atomic mass is 16.5. The highest BCUT2D eigenvalue weighted by Crippen LogP contribution is 2.21. The van der Waals surface area contributed by atoms with Crippen molar-refractivity contribution < 1.29 is 14.3 Å². The lowest BCUT2D eigenvalue weighted by Crippen LogP contribution is -2.22. The van der Waals surface area contributed by atoms with Crippen molar-refractivity contribution in [1.82, 2.24) is 0 Å². The molecule has 2 N–H and O–H groups in total. The standard InChI is InChI=1S/C23H22N2O3/c1-16-8-6-11-18(14-16)22(26)24-19-12-7-13-20(15-19)25-23(27)21(28-2)17-9-4-3-5-10-17/h3-15,21H,1-2H3,(H,24,26)(H,25,27)/t21-/m0/s1. The number of carbonyl (C=O) groups is 2. The molecule has 0 bridgehead atoms. The summed E-state index contributed by atoms with van der Waals surface area (Å²) in [5, 5.41) is 5.69. The third kappa shape index (κ3) is 4.84. The van der Waals surface area contributed by atoms with Gasteiger partial charge in [-0.2, -0.15) is 0 Å². The zero-order chi connectivity index (χ0) is 19.9. The van der Waals surface area contributed by atoms with Gasteiger partial charge in [-0.3, -0.25) is 9.59 Å². The van der Waals surface area contributed by atoms with Crippen molar-refractivity contribution in [3.05, 3.63) is 95.6 Å². The van der Waals surface area contributed by atoms with E-state index in [1.807, 2.05) is 55.5 Å². The van der Waals surface area contributed by atoms with Gasteiger partial charge in [-0.15, -0.1) is 0 Å². The lowest BCUT2D eigenvalue weighted by atomic mass is 10.1. The van der Waals surface area contributed by atoms with Crippen LogP contribution in [0.15, 0.2) is 78.9 Å². The number of rotatable bonds is 6. The summed E-state index contributed by atoms with van der Waals surface area (Å²) in [7, 11) is 1.50. The number of methoxy groups -OCH3 is 1. The van der Waals surface area contributed by atoms with Gasteiger partial charge in [0.15, 0.2) is 6.10 Å². The molecular weight excluding hydrogens is 352 g/mol. The molecular formula is C23H22N2O3. The summed E-state index contributed by atoms with van der Waals surface area (Å²) in [6.07, 6.45) is -0.716. The van der Waals surface area contributed by atoms with Crippen LogP contribution >= 0.6 is 0 Å². The number of benzene rings is 3. The molecule has 0 unspecified atom stereocenters. The van der Waals surface area contributed by atoms with Crippen molar-refractivity contribution in [2.75, 3.05) is 17.7 Å². The molecule has 3 rings (SSSR count). The van der Waals surface area contributed by atoms with Crippen molar-refractivity contribution in [3.8, 4) is 0 Å². The summed E-state index contributed by atoms with van der Waals surface area (Å²) in [6, 6.07) is 23.7. The average molecular weight is 374 g/mol. The first-order valence-electron chi connectivity index (χ1n) is 8.93. The fourth-order valence-electron chi connectivity index (χ4n) is 2.89. The third-order valence-corrected chi connectivity index (χ3v) is 4.24. The summed E-state index contributed by atoms with van der Waals surface area (Å²) in [5.74, 6) is -0.484. The second kappa shape index (κ2) is 8.97. The van der Waals surface area contributed by atoms with Crippen LogP contribution in [0.4, 0.5) is 11.4 Å². The molecule has 0 saturated heterocycles. The first-order chi connectivity index (χ1) is 13.6. The molecule has 0 radical (unpaired) electrons. The van der Waals surface area contributed by atoms with Crippen LogP contribution in [0, 0.1) is 6.92 Å². The molecule has 5 heteroatoms. The Hall–Kier alpha value is -3.44. The lowest BCUT2D eigenvalue weighted by Gasteiger charge is -2.16. The predicted octanol–water partition coefficient (Wildman–Crippen LogP) is 4.57. The summed E-state index contributed by atoms with van der Waals surface area (Å²) in [6.45, 7) is 1.94. The number of hydrogen-bond donors (Lipinski definition) is 2. The van der Waals surface area contributed by atoms with Gasteiger partial charge in [-0.05, 0) is 42.8 Å². The van der Waals surface area contributed by atoms with Gasteiger partial charge in [0, 0.05) is 24.0 Å². The van der Waals surface area contributed by atoms with Gasteiger partial charge in [0.2, 0.25) is 0 Å². The fraction of sp³-hybridized carbons (Fsp3) is 0.130. The van der Waals surface area contributed by atoms with E-state index in [1.165, 1.54) is 7.11 Å². The predicted molar refractivity (Wildman–Crippen MR) is 110 cm³/mol. The minimum absolute atomic E-state index is 0.203. The van der Waals surface area contributed by atoms with Gasteiger partial charge in [-0.1, -0.05) is 54.1 Å². The molecule has 0 aliphatic carbocycles. The molecule has 28 heavy (non-hydrogen) atoms. The van der Waals surface area contributed by atoms with E-state index in [1.54, 1.807) is 30.3 Å². The van der Waals surface area contributed by atoms with Gasteiger partial charge in [0.1, 0.15) is 0 Å². The van der Waals surface area contributed by atoms with Crippen molar-refractivity contribution in [1.29, 1.82) is 0 Å². The smallest absolute Gasteiger partial charge is 0.258 e. The van der Waals surface area contributed by atoms with Gasteiger partial charge < -0.3 is 15.4 Å². The van der Waals surface area contributed by atoms with Gasteiger partial charge in [0.25, 0.3) is 11.8 Å². The van der Waals surface area contributed by atoms with Crippen molar-refractivity contribution in [2.45, 2.75) is 13.0 Å². The van der Waals surface area contributed by atoms with Crippen molar-refractivity contribution in [2.24, 2.45) is 0 Å². The number of ether oxygens (including phenoxy) is 1. The van der Waals surface area contributed by atoms with Gasteiger partial charge in [-0.25, -0.2) is 0 Å². The Kier molecular flexibility index (Phi) is 6.19. The van der Waals surface area contributed by atoms with Gasteiger partial charge >= 0.3 is 0 Å². The van der Waals surface area contributed by atoms with E-state index in [0.717, 1.165) is 11.1 Å². The molecule has 142 valence electrons. The molecule has 0 saturated carbocycles. The second-order valence-corrected chi connectivity index (χ2v) is 6.42. The van der Waals surface area contributed by atoms with Crippen LogP contribution < -0.4 is 10.6 Å². The number of carbonyl (C=O) groups excluding carboxylic acids is 2. The van der Waals surface area contributed by atoms with Gasteiger partial charge in [0.05, 0.1) is 0 Å². The van der Waals surface area contributed by atoms with E-state index in [2.05, 4.69) is 10.6 Å². The average Bonchev–Trinajstić information content (AvgIpc) is 2.69. The maximum atomic E-state index is 12.6. The number of aryl methyl sites for hydroxylation is 1. The quantitative estimate of drug-likeness (QED) is 0.664. The van der Waals surface area contributed by atoms with Crippen molar-refractivity contribution >= 4 is 23.2 Å². The molecule has 0 heterocycles. The minimum atomic E-state index is -0.716. The monoisotopic (exact) mass is 374 g/mol. The molecule has 2 amide bonds. The molecule has 0 aliphatic rings. The fourth-order valence-corrected chi connectivity index (χ4v) is 2.89. The summed E-state index contributed by atoms with van der Waals surface area (Å²) < 4.78 is 5.35. The van der Waals surface area contributed by atoms with E-state index in [0.29, 0.717) is 16.9 Å². The highest BCUT2D eigenvalue weighted by Gasteiger charge is 2.20. The topological polar surface area (TPSA) is 67.4 Å². The molecule has 1 atom stereocenters. The Morgan fingerprint density at radius 2 is 1.50 bits per heavy atom. The van der Waals surface area contributed by atoms with Crippen LogP contribution in [0.1, 0.15) is 27.6 Å². The largest absolute Gasteiger partial charge is 0.367 e. The molecule has 5 nitrogen and oxygen atoms in total. The van der Waals surface area contributed by atoms with E-state index in [9.17, 15) is 9.59 Å². The number of amides is 2. The second-order valence-electron chi connectivity index (χ2n) is 6.42. The van der Waals surface area contributed by atoms with Crippen LogP contribution in [-0.2, 0) is 9.53 Å². The molecule has 3 aromatic carbocycles. The lowest BCUT2D eigenvalue weighted by molar-refractivity contribution is -0.126. The number of hydrogen-bond acceptors (Lipinski definition) is 3. The van der Waals surface area contributed by atoms with Crippen LogP contribution in [0.2, 0.25) is 0 Å². The van der Waals surface area contributed by atoms with E-state index in [4.69, 9.17) is 4.74 Å². The third-order valence-electron chi connectivity index (χ3n) is 4.24. The molecule has 0 aromatic heterocycles. The van der Waals surface area contributed by atoms with E-state index in [-0.39, 0.29) is 11.8 Å². The van der Waals surface area contributed by atoms with Crippen LogP contribution in [0.5, 0.6) is 0 Å².